The van der Waals surface area contributed by atoms with Crippen molar-refractivity contribution in [1.29, 1.82) is 0 Å². The Morgan fingerprint density at radius 1 is 1.00 bits per heavy atom. The lowest BCUT2D eigenvalue weighted by Crippen LogP contribution is -1.94. The van der Waals surface area contributed by atoms with E-state index >= 15 is 0 Å². The molecular formula is C12H12IN3. The monoisotopic (exact) mass is 325 g/mol. The van der Waals surface area contributed by atoms with Crippen LogP contribution in [0, 0.1) is 3.57 Å². The van der Waals surface area contributed by atoms with Crippen molar-refractivity contribution in [2.45, 2.75) is 0 Å². The number of nitrogens with zero attached hydrogens (tertiary/aromatic N) is 1. The lowest BCUT2D eigenvalue weighted by atomic mass is 10.3. The van der Waals surface area contributed by atoms with Crippen molar-refractivity contribution in [3.05, 3.63) is 46.3 Å². The van der Waals surface area contributed by atoms with Crippen molar-refractivity contribution in [2.24, 2.45) is 0 Å². The maximum Gasteiger partial charge on any atom is 0.0591 e. The van der Waals surface area contributed by atoms with Crippen LogP contribution < -0.4 is 10.6 Å². The molecular weight excluding hydrogens is 313 g/mol. The van der Waals surface area contributed by atoms with E-state index in [1.807, 2.05) is 25.2 Å². The molecule has 1 heterocycles. The minimum atomic E-state index is 0.980. The summed E-state index contributed by atoms with van der Waals surface area (Å²) in [5, 5.41) is 6.36. The topological polar surface area (TPSA) is 37.0 Å². The molecule has 2 rings (SSSR count). The standard InChI is InChI=1S/C12H12IN3/c1-14-11-6-12(8-15-7-11)16-10-4-2-9(13)3-5-10/h2-8,14,16H,1H3. The van der Waals surface area contributed by atoms with Crippen LogP contribution in [-0.2, 0) is 0 Å². The summed E-state index contributed by atoms with van der Waals surface area (Å²) in [6.45, 7) is 0. The summed E-state index contributed by atoms with van der Waals surface area (Å²) < 4.78 is 1.23. The molecule has 0 saturated heterocycles. The molecule has 0 fully saturated rings. The van der Waals surface area contributed by atoms with Crippen molar-refractivity contribution in [3.63, 3.8) is 0 Å². The number of hydrogen-bond donors (Lipinski definition) is 2. The van der Waals surface area contributed by atoms with Gasteiger partial charge in [0, 0.05) is 16.3 Å². The average Bonchev–Trinajstić information content (AvgIpc) is 2.32. The second-order valence-corrected chi connectivity index (χ2v) is 4.59. The van der Waals surface area contributed by atoms with Gasteiger partial charge >= 0.3 is 0 Å². The van der Waals surface area contributed by atoms with Crippen LogP contribution in [0.2, 0.25) is 0 Å². The van der Waals surface area contributed by atoms with Crippen LogP contribution in [0.5, 0.6) is 0 Å². The molecule has 0 unspecified atom stereocenters. The molecule has 3 nitrogen and oxygen atoms in total. The van der Waals surface area contributed by atoms with Crippen molar-refractivity contribution in [3.8, 4) is 0 Å². The maximum atomic E-state index is 4.14. The van der Waals surface area contributed by atoms with Gasteiger partial charge in [-0.3, -0.25) is 4.98 Å². The van der Waals surface area contributed by atoms with E-state index in [0.717, 1.165) is 17.1 Å². The molecule has 0 radical (unpaired) electrons. The summed E-state index contributed by atoms with van der Waals surface area (Å²) in [6.07, 6.45) is 3.60. The molecule has 2 N–H and O–H groups in total. The Kier molecular flexibility index (Phi) is 3.61. The first-order valence-electron chi connectivity index (χ1n) is 4.93. The van der Waals surface area contributed by atoms with Gasteiger partial charge in [-0.2, -0.15) is 0 Å². The second kappa shape index (κ2) is 5.16. The van der Waals surface area contributed by atoms with E-state index in [2.05, 4.69) is 50.3 Å². The molecule has 1 aromatic carbocycles. The minimum absolute atomic E-state index is 0.980. The van der Waals surface area contributed by atoms with Gasteiger partial charge in [0.1, 0.15) is 0 Å². The Hall–Kier alpha value is -1.30. The molecule has 82 valence electrons. The number of aromatic nitrogens is 1. The van der Waals surface area contributed by atoms with E-state index in [0.29, 0.717) is 0 Å². The third-order valence-corrected chi connectivity index (χ3v) is 2.88. The van der Waals surface area contributed by atoms with Crippen LogP contribution in [0.15, 0.2) is 42.7 Å². The van der Waals surface area contributed by atoms with E-state index in [-0.39, 0.29) is 0 Å². The highest BCUT2D eigenvalue weighted by atomic mass is 127. The molecule has 0 aliphatic rings. The van der Waals surface area contributed by atoms with Crippen molar-refractivity contribution in [1.82, 2.24) is 4.98 Å². The first kappa shape index (κ1) is 11.2. The van der Waals surface area contributed by atoms with Gasteiger partial charge in [0.05, 0.1) is 23.8 Å². The van der Waals surface area contributed by atoms with Crippen LogP contribution in [0.25, 0.3) is 0 Å². The molecule has 4 heteroatoms. The van der Waals surface area contributed by atoms with Gasteiger partial charge in [0.15, 0.2) is 0 Å². The molecule has 0 atom stereocenters. The van der Waals surface area contributed by atoms with Gasteiger partial charge in [0.2, 0.25) is 0 Å². The second-order valence-electron chi connectivity index (χ2n) is 3.34. The Balaban J connectivity index is 2.16. The predicted octanol–water partition coefficient (Wildman–Crippen LogP) is 3.47. The van der Waals surface area contributed by atoms with Crippen LogP contribution in [0.1, 0.15) is 0 Å². The lowest BCUT2D eigenvalue weighted by molar-refractivity contribution is 1.30. The normalized spacial score (nSPS) is 9.88. The highest BCUT2D eigenvalue weighted by Crippen LogP contribution is 2.19. The fourth-order valence-corrected chi connectivity index (χ4v) is 1.70. The molecule has 16 heavy (non-hydrogen) atoms. The maximum absolute atomic E-state index is 4.14. The van der Waals surface area contributed by atoms with E-state index in [4.69, 9.17) is 0 Å². The Bertz CT molecular complexity index is 468. The summed E-state index contributed by atoms with van der Waals surface area (Å²) in [7, 11) is 1.88. The Morgan fingerprint density at radius 3 is 2.38 bits per heavy atom. The Labute approximate surface area is 108 Å². The fourth-order valence-electron chi connectivity index (χ4n) is 1.34. The van der Waals surface area contributed by atoms with E-state index in [9.17, 15) is 0 Å². The molecule has 0 spiro atoms. The largest absolute Gasteiger partial charge is 0.387 e. The molecule has 0 aliphatic heterocycles. The number of nitrogens with one attached hydrogen (secondary N) is 2. The van der Waals surface area contributed by atoms with Gasteiger partial charge < -0.3 is 10.6 Å². The summed E-state index contributed by atoms with van der Waals surface area (Å²) in [6, 6.07) is 10.3. The number of pyridine rings is 1. The van der Waals surface area contributed by atoms with Gasteiger partial charge in [-0.15, -0.1) is 0 Å². The summed E-state index contributed by atoms with van der Waals surface area (Å²) in [4.78, 5) is 4.14. The first-order chi connectivity index (χ1) is 7.78. The summed E-state index contributed by atoms with van der Waals surface area (Å²) >= 11 is 2.29. The van der Waals surface area contributed by atoms with E-state index < -0.39 is 0 Å². The van der Waals surface area contributed by atoms with Crippen LogP contribution in [0.3, 0.4) is 0 Å². The average molecular weight is 325 g/mol. The van der Waals surface area contributed by atoms with Crippen molar-refractivity contribution < 1.29 is 0 Å². The number of anilines is 3. The van der Waals surface area contributed by atoms with Gasteiger partial charge in [-0.25, -0.2) is 0 Å². The van der Waals surface area contributed by atoms with Crippen LogP contribution >= 0.6 is 22.6 Å². The predicted molar refractivity (Wildman–Crippen MR) is 76.2 cm³/mol. The molecule has 0 bridgehead atoms. The number of halogens is 1. The van der Waals surface area contributed by atoms with Crippen molar-refractivity contribution in [2.75, 3.05) is 17.7 Å². The van der Waals surface area contributed by atoms with Crippen LogP contribution in [-0.4, -0.2) is 12.0 Å². The molecule has 2 aromatic rings. The number of benzene rings is 1. The summed E-state index contributed by atoms with van der Waals surface area (Å²) in [5.74, 6) is 0. The molecule has 0 amide bonds. The van der Waals surface area contributed by atoms with E-state index in [1.165, 1.54) is 3.57 Å². The number of hydrogen-bond acceptors (Lipinski definition) is 3. The zero-order chi connectivity index (χ0) is 11.4. The SMILES string of the molecule is CNc1cncc(Nc2ccc(I)cc2)c1. The molecule has 0 saturated carbocycles. The fraction of sp³-hybridized carbons (Fsp3) is 0.0833. The minimum Gasteiger partial charge on any atom is -0.387 e. The third-order valence-electron chi connectivity index (χ3n) is 2.16. The van der Waals surface area contributed by atoms with Crippen LogP contribution in [0.4, 0.5) is 17.1 Å². The highest BCUT2D eigenvalue weighted by molar-refractivity contribution is 14.1. The van der Waals surface area contributed by atoms with Gasteiger partial charge in [-0.1, -0.05) is 0 Å². The third kappa shape index (κ3) is 2.85. The quantitative estimate of drug-likeness (QED) is 0.849. The van der Waals surface area contributed by atoms with Gasteiger partial charge in [0.25, 0.3) is 0 Å². The van der Waals surface area contributed by atoms with Crippen molar-refractivity contribution >= 4 is 39.7 Å². The zero-order valence-corrected chi connectivity index (χ0v) is 11.0. The molecule has 1 aromatic heterocycles. The Morgan fingerprint density at radius 2 is 1.69 bits per heavy atom. The highest BCUT2D eigenvalue weighted by Gasteiger charge is 1.96. The smallest absolute Gasteiger partial charge is 0.0591 e. The van der Waals surface area contributed by atoms with Gasteiger partial charge in [-0.05, 0) is 52.9 Å². The molecule has 0 aliphatic carbocycles. The number of rotatable bonds is 3. The lowest BCUT2D eigenvalue weighted by Gasteiger charge is -2.07. The summed E-state index contributed by atoms with van der Waals surface area (Å²) in [5.41, 5.74) is 3.04. The van der Waals surface area contributed by atoms with E-state index in [1.54, 1.807) is 12.4 Å². The first-order valence-corrected chi connectivity index (χ1v) is 6.01. The zero-order valence-electron chi connectivity index (χ0n) is 8.87.